The van der Waals surface area contributed by atoms with Gasteiger partial charge in [0.2, 0.25) is 0 Å². The van der Waals surface area contributed by atoms with Crippen LogP contribution in [0.1, 0.15) is 37.6 Å². The van der Waals surface area contributed by atoms with Gasteiger partial charge in [0.25, 0.3) is 10.2 Å². The number of piperidine rings is 1. The first kappa shape index (κ1) is 16.5. The Hall–Kier alpha value is -0.920. The molecular formula is C14H26N4O2S. The van der Waals surface area contributed by atoms with Gasteiger partial charge in [-0.15, -0.1) is 0 Å². The van der Waals surface area contributed by atoms with E-state index in [1.165, 1.54) is 0 Å². The Morgan fingerprint density at radius 3 is 2.81 bits per heavy atom. The number of aromatic nitrogens is 2. The highest BCUT2D eigenvalue weighted by atomic mass is 32.2. The molecule has 0 aliphatic carbocycles. The molecule has 6 nitrogen and oxygen atoms in total. The molecule has 0 saturated carbocycles. The lowest BCUT2D eigenvalue weighted by Crippen LogP contribution is -2.45. The van der Waals surface area contributed by atoms with E-state index in [-0.39, 0.29) is 0 Å². The van der Waals surface area contributed by atoms with Gasteiger partial charge < -0.3 is 0 Å². The largest absolute Gasteiger partial charge is 0.279 e. The number of nitrogens with zero attached hydrogens (tertiary/aromatic N) is 3. The molecule has 1 aliphatic heterocycles. The predicted molar refractivity (Wildman–Crippen MR) is 83.2 cm³/mol. The van der Waals surface area contributed by atoms with Crippen molar-refractivity contribution in [2.24, 2.45) is 5.92 Å². The third-order valence-electron chi connectivity index (χ3n) is 3.89. The normalized spacial score (nSPS) is 20.8. The summed E-state index contributed by atoms with van der Waals surface area (Å²) in [7, 11) is -3.32. The van der Waals surface area contributed by atoms with Crippen molar-refractivity contribution in [2.45, 2.75) is 46.6 Å². The summed E-state index contributed by atoms with van der Waals surface area (Å²) in [6.45, 7) is 8.53. The van der Waals surface area contributed by atoms with Crippen LogP contribution in [0, 0.1) is 19.8 Å². The molecule has 2 rings (SSSR count). The van der Waals surface area contributed by atoms with Gasteiger partial charge in [0, 0.05) is 31.9 Å². The number of nitrogens with one attached hydrogen (secondary N) is 1. The van der Waals surface area contributed by atoms with Crippen molar-refractivity contribution in [3.63, 3.8) is 0 Å². The summed E-state index contributed by atoms with van der Waals surface area (Å²) in [5.74, 6) is 0.449. The smallest absolute Gasteiger partial charge is 0.270 e. The zero-order valence-electron chi connectivity index (χ0n) is 13.2. The van der Waals surface area contributed by atoms with Crippen LogP contribution < -0.4 is 4.72 Å². The topological polar surface area (TPSA) is 67.2 Å². The van der Waals surface area contributed by atoms with Crippen molar-refractivity contribution < 1.29 is 8.42 Å². The number of aryl methyl sites for hydroxylation is 3. The van der Waals surface area contributed by atoms with Crippen molar-refractivity contribution >= 4 is 10.2 Å². The first-order chi connectivity index (χ1) is 9.88. The molecule has 1 aromatic rings. The lowest BCUT2D eigenvalue weighted by atomic mass is 10.0. The highest BCUT2D eigenvalue weighted by molar-refractivity contribution is 7.87. The molecule has 0 bridgehead atoms. The van der Waals surface area contributed by atoms with E-state index in [9.17, 15) is 8.42 Å². The molecule has 0 spiro atoms. The Bertz CT molecular complexity index is 568. The molecule has 0 unspecified atom stereocenters. The van der Waals surface area contributed by atoms with Crippen LogP contribution in [-0.4, -0.2) is 42.1 Å². The quantitative estimate of drug-likeness (QED) is 0.808. The Labute approximate surface area is 127 Å². The van der Waals surface area contributed by atoms with Crippen molar-refractivity contribution in [1.82, 2.24) is 18.8 Å². The second-order valence-corrected chi connectivity index (χ2v) is 7.76. The van der Waals surface area contributed by atoms with E-state index in [0.717, 1.165) is 37.2 Å². The van der Waals surface area contributed by atoms with Crippen molar-refractivity contribution in [2.75, 3.05) is 19.6 Å². The zero-order valence-corrected chi connectivity index (χ0v) is 14.0. The molecule has 0 radical (unpaired) electrons. The van der Waals surface area contributed by atoms with Crippen LogP contribution in [0.2, 0.25) is 0 Å². The fourth-order valence-corrected chi connectivity index (χ4v) is 4.19. The van der Waals surface area contributed by atoms with Crippen molar-refractivity contribution in [3.05, 3.63) is 17.5 Å². The molecule has 1 atom stereocenters. The van der Waals surface area contributed by atoms with Gasteiger partial charge in [0.05, 0.1) is 5.69 Å². The van der Waals surface area contributed by atoms with Crippen LogP contribution in [0.25, 0.3) is 0 Å². The molecule has 1 fully saturated rings. The summed E-state index contributed by atoms with van der Waals surface area (Å²) in [5, 5.41) is 4.37. The molecular weight excluding hydrogens is 288 g/mol. The van der Waals surface area contributed by atoms with Crippen LogP contribution in [0.4, 0.5) is 0 Å². The fourth-order valence-electron chi connectivity index (χ4n) is 2.79. The van der Waals surface area contributed by atoms with E-state index in [1.54, 1.807) is 4.31 Å². The highest BCUT2D eigenvalue weighted by Gasteiger charge is 2.26. The first-order valence-electron chi connectivity index (χ1n) is 7.64. The molecule has 0 aromatic carbocycles. The average Bonchev–Trinajstić information content (AvgIpc) is 2.73. The number of hydrogen-bond donors (Lipinski definition) is 1. The molecule has 1 aromatic heterocycles. The Kier molecular flexibility index (Phi) is 5.40. The van der Waals surface area contributed by atoms with Gasteiger partial charge in [0.15, 0.2) is 0 Å². The summed E-state index contributed by atoms with van der Waals surface area (Å²) in [5.41, 5.74) is 2.11. The molecule has 0 amide bonds. The van der Waals surface area contributed by atoms with Crippen LogP contribution >= 0.6 is 0 Å². The van der Waals surface area contributed by atoms with E-state index < -0.39 is 10.2 Å². The average molecular weight is 314 g/mol. The summed E-state index contributed by atoms with van der Waals surface area (Å²) in [6.07, 6.45) is 2.81. The molecule has 1 N–H and O–H groups in total. The maximum absolute atomic E-state index is 12.2. The van der Waals surface area contributed by atoms with E-state index in [2.05, 4.69) is 16.7 Å². The highest BCUT2D eigenvalue weighted by Crippen LogP contribution is 2.17. The summed E-state index contributed by atoms with van der Waals surface area (Å²) in [4.78, 5) is 0. The van der Waals surface area contributed by atoms with Gasteiger partial charge in [-0.2, -0.15) is 17.8 Å². The standard InChI is InChI=1S/C14H26N4O2S/c1-12-6-4-8-17(11-12)21(19,20)15-7-5-9-18-14(3)10-13(2)16-18/h10,12,15H,4-9,11H2,1-3H3/t12-/m1/s1. The molecule has 21 heavy (non-hydrogen) atoms. The van der Waals surface area contributed by atoms with E-state index in [4.69, 9.17) is 0 Å². The maximum Gasteiger partial charge on any atom is 0.279 e. The van der Waals surface area contributed by atoms with E-state index in [1.807, 2.05) is 24.6 Å². The van der Waals surface area contributed by atoms with Gasteiger partial charge in [-0.1, -0.05) is 6.92 Å². The Morgan fingerprint density at radius 2 is 2.19 bits per heavy atom. The van der Waals surface area contributed by atoms with Gasteiger partial charge in [-0.05, 0) is 45.1 Å². The second kappa shape index (κ2) is 6.89. The van der Waals surface area contributed by atoms with Gasteiger partial charge in [-0.3, -0.25) is 4.68 Å². The van der Waals surface area contributed by atoms with Gasteiger partial charge in [0.1, 0.15) is 0 Å². The lowest BCUT2D eigenvalue weighted by molar-refractivity contribution is 0.278. The van der Waals surface area contributed by atoms with E-state index >= 15 is 0 Å². The number of hydrogen-bond acceptors (Lipinski definition) is 3. The molecule has 120 valence electrons. The molecule has 2 heterocycles. The van der Waals surface area contributed by atoms with E-state index in [0.29, 0.717) is 25.6 Å². The summed E-state index contributed by atoms with van der Waals surface area (Å²) < 4.78 is 30.6. The van der Waals surface area contributed by atoms with Crippen molar-refractivity contribution in [3.8, 4) is 0 Å². The zero-order chi connectivity index (χ0) is 15.5. The third kappa shape index (κ3) is 4.52. The molecule has 7 heteroatoms. The fraction of sp³-hybridized carbons (Fsp3) is 0.786. The number of rotatable bonds is 6. The first-order valence-corrected chi connectivity index (χ1v) is 9.08. The van der Waals surface area contributed by atoms with Crippen LogP contribution in [0.15, 0.2) is 6.07 Å². The minimum Gasteiger partial charge on any atom is -0.270 e. The second-order valence-electron chi connectivity index (χ2n) is 6.01. The van der Waals surface area contributed by atoms with Gasteiger partial charge in [-0.25, -0.2) is 4.72 Å². The Morgan fingerprint density at radius 1 is 1.43 bits per heavy atom. The minimum atomic E-state index is -3.32. The molecule has 1 aliphatic rings. The SMILES string of the molecule is Cc1cc(C)n(CCCNS(=O)(=O)N2CCC[C@@H](C)C2)n1. The van der Waals surface area contributed by atoms with Crippen LogP contribution in [0.3, 0.4) is 0 Å². The monoisotopic (exact) mass is 314 g/mol. The Balaban J connectivity index is 1.78. The van der Waals surface area contributed by atoms with Crippen LogP contribution in [0.5, 0.6) is 0 Å². The third-order valence-corrected chi connectivity index (χ3v) is 5.47. The molecule has 1 saturated heterocycles. The minimum absolute atomic E-state index is 0.449. The summed E-state index contributed by atoms with van der Waals surface area (Å²) >= 11 is 0. The van der Waals surface area contributed by atoms with Crippen molar-refractivity contribution in [1.29, 1.82) is 0 Å². The summed E-state index contributed by atoms with van der Waals surface area (Å²) in [6, 6.07) is 2.03. The van der Waals surface area contributed by atoms with Gasteiger partial charge >= 0.3 is 0 Å². The predicted octanol–water partition coefficient (Wildman–Crippen LogP) is 1.46. The van der Waals surface area contributed by atoms with Crippen LogP contribution in [-0.2, 0) is 16.8 Å². The maximum atomic E-state index is 12.2. The lowest BCUT2D eigenvalue weighted by Gasteiger charge is -2.29.